The molecule has 0 spiro atoms. The van der Waals surface area contributed by atoms with Gasteiger partial charge in [-0.15, -0.1) is 0 Å². The van der Waals surface area contributed by atoms with Crippen LogP contribution in [0, 0.1) is 5.92 Å². The normalized spacial score (nSPS) is 21.9. The summed E-state index contributed by atoms with van der Waals surface area (Å²) in [6.07, 6.45) is 7.65. The van der Waals surface area contributed by atoms with Gasteiger partial charge >= 0.3 is 0 Å². The van der Waals surface area contributed by atoms with Gasteiger partial charge in [-0.05, 0) is 30.7 Å². The zero-order valence-corrected chi connectivity index (χ0v) is 11.3. The van der Waals surface area contributed by atoms with Crippen molar-refractivity contribution in [3.63, 3.8) is 0 Å². The van der Waals surface area contributed by atoms with Crippen molar-refractivity contribution in [1.29, 1.82) is 0 Å². The molecule has 1 saturated heterocycles. The first-order valence-corrected chi connectivity index (χ1v) is 7.03. The second-order valence-corrected chi connectivity index (χ2v) is 5.11. The summed E-state index contributed by atoms with van der Waals surface area (Å²) in [6.45, 7) is 4.52. The quantitative estimate of drug-likeness (QED) is 0.782. The lowest BCUT2D eigenvalue weighted by Gasteiger charge is -2.20. The molecule has 0 bridgehead atoms. The Balaban J connectivity index is 2.04. The Hall–Kier alpha value is -0.640. The van der Waals surface area contributed by atoms with E-state index in [-0.39, 0.29) is 0 Å². The number of hydrogen-bond donors (Lipinski definition) is 0. The molecule has 1 unspecified atom stereocenters. The predicted molar refractivity (Wildman–Crippen MR) is 69.9 cm³/mol. The van der Waals surface area contributed by atoms with Crippen LogP contribution in [0.1, 0.15) is 31.7 Å². The lowest BCUT2D eigenvalue weighted by atomic mass is 10.0. The van der Waals surface area contributed by atoms with E-state index in [2.05, 4.69) is 37.7 Å². The van der Waals surface area contributed by atoms with Crippen LogP contribution in [-0.2, 0) is 5.33 Å². The van der Waals surface area contributed by atoms with E-state index in [9.17, 15) is 0 Å². The molecule has 3 nitrogen and oxygen atoms in total. The van der Waals surface area contributed by atoms with Gasteiger partial charge < -0.3 is 4.90 Å². The number of rotatable bonds is 2. The van der Waals surface area contributed by atoms with Gasteiger partial charge in [-0.25, -0.2) is 9.97 Å². The average molecular weight is 284 g/mol. The summed E-state index contributed by atoms with van der Waals surface area (Å²) in [7, 11) is 0. The molecular weight excluding hydrogens is 266 g/mol. The molecule has 1 aromatic heterocycles. The van der Waals surface area contributed by atoms with E-state index < -0.39 is 0 Å². The van der Waals surface area contributed by atoms with Crippen LogP contribution in [0.3, 0.4) is 0 Å². The van der Waals surface area contributed by atoms with Crippen LogP contribution in [0.5, 0.6) is 0 Å². The molecule has 1 aromatic rings. The van der Waals surface area contributed by atoms with Gasteiger partial charge in [0, 0.05) is 30.8 Å². The standard InChI is InChI=1S/C12H18BrN3/c1-10-3-2-5-16(6-4-10)12-14-8-11(7-13)9-15-12/h8-10H,2-7H2,1H3. The van der Waals surface area contributed by atoms with Crippen molar-refractivity contribution in [2.75, 3.05) is 18.0 Å². The number of halogens is 1. The maximum absolute atomic E-state index is 4.42. The van der Waals surface area contributed by atoms with Gasteiger partial charge in [0.1, 0.15) is 0 Å². The molecule has 0 N–H and O–H groups in total. The molecule has 0 aromatic carbocycles. The van der Waals surface area contributed by atoms with E-state index >= 15 is 0 Å². The first-order chi connectivity index (χ1) is 7.79. The highest BCUT2D eigenvalue weighted by Gasteiger charge is 2.15. The highest BCUT2D eigenvalue weighted by atomic mass is 79.9. The highest BCUT2D eigenvalue weighted by molar-refractivity contribution is 9.08. The van der Waals surface area contributed by atoms with Crippen LogP contribution in [0.25, 0.3) is 0 Å². The van der Waals surface area contributed by atoms with Crippen molar-refractivity contribution in [2.24, 2.45) is 5.92 Å². The third-order valence-electron chi connectivity index (χ3n) is 3.15. The first-order valence-electron chi connectivity index (χ1n) is 5.91. The fraction of sp³-hybridized carbons (Fsp3) is 0.667. The number of anilines is 1. The van der Waals surface area contributed by atoms with Crippen molar-refractivity contribution in [2.45, 2.75) is 31.5 Å². The minimum Gasteiger partial charge on any atom is -0.341 e. The van der Waals surface area contributed by atoms with Crippen molar-refractivity contribution < 1.29 is 0 Å². The molecular formula is C12H18BrN3. The van der Waals surface area contributed by atoms with E-state index in [0.717, 1.165) is 35.8 Å². The average Bonchev–Trinajstić information content (AvgIpc) is 2.54. The monoisotopic (exact) mass is 283 g/mol. The molecule has 1 atom stereocenters. The van der Waals surface area contributed by atoms with Gasteiger partial charge in [0.15, 0.2) is 0 Å². The minimum atomic E-state index is 0.824. The molecule has 1 aliphatic heterocycles. The lowest BCUT2D eigenvalue weighted by molar-refractivity contribution is 0.521. The Morgan fingerprint density at radius 3 is 2.75 bits per heavy atom. The van der Waals surface area contributed by atoms with Gasteiger partial charge in [-0.1, -0.05) is 22.9 Å². The molecule has 1 aliphatic rings. The minimum absolute atomic E-state index is 0.824. The molecule has 0 amide bonds. The van der Waals surface area contributed by atoms with Crippen molar-refractivity contribution in [1.82, 2.24) is 9.97 Å². The molecule has 0 saturated carbocycles. The van der Waals surface area contributed by atoms with Crippen LogP contribution in [0.2, 0.25) is 0 Å². The SMILES string of the molecule is CC1CCCN(c2ncc(CBr)cn2)CC1. The van der Waals surface area contributed by atoms with Gasteiger partial charge in [0.05, 0.1) is 0 Å². The number of aromatic nitrogens is 2. The molecule has 16 heavy (non-hydrogen) atoms. The molecule has 1 fully saturated rings. The van der Waals surface area contributed by atoms with Crippen molar-refractivity contribution >= 4 is 21.9 Å². The number of hydrogen-bond acceptors (Lipinski definition) is 3. The third-order valence-corrected chi connectivity index (χ3v) is 3.79. The largest absolute Gasteiger partial charge is 0.341 e. The Morgan fingerprint density at radius 2 is 2.06 bits per heavy atom. The molecule has 2 heterocycles. The highest BCUT2D eigenvalue weighted by Crippen LogP contribution is 2.19. The summed E-state index contributed by atoms with van der Waals surface area (Å²) in [5.74, 6) is 1.73. The van der Waals surface area contributed by atoms with Gasteiger partial charge in [0.2, 0.25) is 5.95 Å². The number of nitrogens with zero attached hydrogens (tertiary/aromatic N) is 3. The van der Waals surface area contributed by atoms with E-state index in [1.165, 1.54) is 19.3 Å². The Morgan fingerprint density at radius 1 is 1.31 bits per heavy atom. The Kier molecular flexibility index (Phi) is 4.16. The number of alkyl halides is 1. The van der Waals surface area contributed by atoms with Crippen molar-refractivity contribution in [3.8, 4) is 0 Å². The smallest absolute Gasteiger partial charge is 0.225 e. The van der Waals surface area contributed by atoms with E-state index in [1.54, 1.807) is 0 Å². The molecule has 2 rings (SSSR count). The van der Waals surface area contributed by atoms with E-state index in [4.69, 9.17) is 0 Å². The van der Waals surface area contributed by atoms with E-state index in [1.807, 2.05) is 12.4 Å². The lowest BCUT2D eigenvalue weighted by Crippen LogP contribution is -2.26. The third kappa shape index (κ3) is 2.94. The van der Waals surface area contributed by atoms with Crippen molar-refractivity contribution in [3.05, 3.63) is 18.0 Å². The topological polar surface area (TPSA) is 29.0 Å². The van der Waals surface area contributed by atoms with E-state index in [0.29, 0.717) is 0 Å². The van der Waals surface area contributed by atoms with Gasteiger partial charge in [-0.3, -0.25) is 0 Å². The summed E-state index contributed by atoms with van der Waals surface area (Å²) >= 11 is 3.40. The Bertz CT molecular complexity index is 326. The molecule has 88 valence electrons. The summed E-state index contributed by atoms with van der Waals surface area (Å²) in [5, 5.41) is 0.824. The molecule has 4 heteroatoms. The van der Waals surface area contributed by atoms with Gasteiger partial charge in [0.25, 0.3) is 0 Å². The van der Waals surface area contributed by atoms with Crippen LogP contribution in [-0.4, -0.2) is 23.1 Å². The second-order valence-electron chi connectivity index (χ2n) is 4.55. The maximum Gasteiger partial charge on any atom is 0.225 e. The maximum atomic E-state index is 4.42. The summed E-state index contributed by atoms with van der Waals surface area (Å²) in [5.41, 5.74) is 1.13. The summed E-state index contributed by atoms with van der Waals surface area (Å²) in [4.78, 5) is 11.2. The second kappa shape index (κ2) is 5.62. The predicted octanol–water partition coefficient (Wildman–Crippen LogP) is 3.00. The zero-order valence-electron chi connectivity index (χ0n) is 9.69. The fourth-order valence-electron chi connectivity index (χ4n) is 2.04. The van der Waals surface area contributed by atoms with Gasteiger partial charge in [-0.2, -0.15) is 0 Å². The fourth-order valence-corrected chi connectivity index (χ4v) is 2.33. The molecule has 0 radical (unpaired) electrons. The molecule has 0 aliphatic carbocycles. The zero-order chi connectivity index (χ0) is 11.4. The summed E-state index contributed by atoms with van der Waals surface area (Å²) < 4.78 is 0. The Labute approximate surface area is 105 Å². The first kappa shape index (κ1) is 11.8. The van der Waals surface area contributed by atoms with Crippen LogP contribution in [0.4, 0.5) is 5.95 Å². The van der Waals surface area contributed by atoms with Crippen LogP contribution in [0.15, 0.2) is 12.4 Å². The van der Waals surface area contributed by atoms with Crippen LogP contribution >= 0.6 is 15.9 Å². The summed E-state index contributed by atoms with van der Waals surface area (Å²) in [6, 6.07) is 0. The van der Waals surface area contributed by atoms with Crippen LogP contribution < -0.4 is 4.90 Å².